The molecule has 0 spiro atoms. The van der Waals surface area contributed by atoms with Crippen molar-refractivity contribution in [2.75, 3.05) is 5.01 Å². The highest BCUT2D eigenvalue weighted by Crippen LogP contribution is 2.28. The Morgan fingerprint density at radius 2 is 2.07 bits per heavy atom. The zero-order valence-corrected chi connectivity index (χ0v) is 14.0. The number of aromatic nitrogens is 3. The molecule has 1 amide bonds. The molecule has 0 saturated carbocycles. The van der Waals surface area contributed by atoms with Crippen LogP contribution in [0.1, 0.15) is 28.4 Å². The van der Waals surface area contributed by atoms with E-state index in [-0.39, 0.29) is 28.6 Å². The zero-order valence-electron chi connectivity index (χ0n) is 13.3. The maximum atomic E-state index is 13.3. The second-order valence-corrected chi connectivity index (χ2v) is 6.00. The third-order valence-electron chi connectivity index (χ3n) is 3.85. The summed E-state index contributed by atoms with van der Waals surface area (Å²) in [6, 6.07) is 5.45. The van der Waals surface area contributed by atoms with Gasteiger partial charge in [0.1, 0.15) is 5.82 Å². The van der Waals surface area contributed by atoms with E-state index in [1.54, 1.807) is 0 Å². The number of hydrogen-bond acceptors (Lipinski definition) is 6. The molecular weight excluding hydrogens is 387 g/mol. The number of amides is 1. The van der Waals surface area contributed by atoms with Crippen LogP contribution in [0.3, 0.4) is 0 Å². The number of nitrogens with zero attached hydrogens (tertiary/aromatic N) is 4. The van der Waals surface area contributed by atoms with Crippen molar-refractivity contribution >= 4 is 23.2 Å². The van der Waals surface area contributed by atoms with E-state index in [1.807, 2.05) is 0 Å². The summed E-state index contributed by atoms with van der Waals surface area (Å²) in [5, 5.41) is 8.16. The molecule has 138 valence electrons. The number of hydrogen-bond donors (Lipinski definition) is 1. The lowest BCUT2D eigenvalue weighted by Gasteiger charge is -2.30. The Hall–Kier alpha value is -3.14. The van der Waals surface area contributed by atoms with Gasteiger partial charge in [0.2, 0.25) is 5.89 Å². The quantitative estimate of drug-likeness (QED) is 0.730. The summed E-state index contributed by atoms with van der Waals surface area (Å²) in [6.07, 6.45) is -1.55. The van der Waals surface area contributed by atoms with E-state index in [0.717, 1.165) is 0 Å². The van der Waals surface area contributed by atoms with E-state index < -0.39 is 24.0 Å². The minimum Gasteiger partial charge on any atom is -0.415 e. The molecule has 11 heteroatoms. The fraction of sp³-hybridized carbons (Fsp3) is 0.125. The molecule has 7 nitrogen and oxygen atoms in total. The fourth-order valence-electron chi connectivity index (χ4n) is 2.55. The molecule has 3 heterocycles. The number of fused-ring (bicyclic) bond motifs is 1. The Bertz CT molecular complexity index is 1040. The van der Waals surface area contributed by atoms with Crippen LogP contribution in [0.25, 0.3) is 11.5 Å². The van der Waals surface area contributed by atoms with Gasteiger partial charge in [-0.15, -0.1) is 10.2 Å². The summed E-state index contributed by atoms with van der Waals surface area (Å²) in [4.78, 5) is 16.6. The second kappa shape index (κ2) is 6.54. The van der Waals surface area contributed by atoms with Crippen LogP contribution in [0.15, 0.2) is 34.9 Å². The van der Waals surface area contributed by atoms with Crippen LogP contribution in [0.4, 0.5) is 18.9 Å². The topological polar surface area (TPSA) is 84.2 Å². The first-order valence-corrected chi connectivity index (χ1v) is 7.94. The van der Waals surface area contributed by atoms with Crippen molar-refractivity contribution in [3.63, 3.8) is 0 Å². The molecule has 27 heavy (non-hydrogen) atoms. The van der Waals surface area contributed by atoms with Crippen molar-refractivity contribution in [2.24, 2.45) is 0 Å². The van der Waals surface area contributed by atoms with Gasteiger partial charge in [-0.05, 0) is 24.3 Å². The normalized spacial score (nSPS) is 13.7. The average molecular weight is 396 g/mol. The Labute approximate surface area is 154 Å². The van der Waals surface area contributed by atoms with Gasteiger partial charge in [-0.1, -0.05) is 11.6 Å². The third kappa shape index (κ3) is 3.19. The van der Waals surface area contributed by atoms with E-state index in [4.69, 9.17) is 16.0 Å². The molecule has 0 fully saturated rings. The number of halogens is 4. The second-order valence-electron chi connectivity index (χ2n) is 5.59. The van der Waals surface area contributed by atoms with Crippen LogP contribution < -0.4 is 10.4 Å². The predicted octanol–water partition coefficient (Wildman–Crippen LogP) is 3.53. The maximum Gasteiger partial charge on any atom is 0.314 e. The van der Waals surface area contributed by atoms with E-state index in [1.165, 1.54) is 35.5 Å². The van der Waals surface area contributed by atoms with Gasteiger partial charge in [0.25, 0.3) is 11.8 Å². The minimum atomic E-state index is -2.89. The van der Waals surface area contributed by atoms with Crippen molar-refractivity contribution in [3.8, 4) is 11.5 Å². The Morgan fingerprint density at radius 1 is 1.26 bits per heavy atom. The van der Waals surface area contributed by atoms with E-state index in [9.17, 15) is 18.0 Å². The van der Waals surface area contributed by atoms with E-state index in [2.05, 4.69) is 20.6 Å². The van der Waals surface area contributed by atoms with Gasteiger partial charge in [-0.3, -0.25) is 20.2 Å². The molecule has 0 unspecified atom stereocenters. The average Bonchev–Trinajstić information content (AvgIpc) is 3.14. The van der Waals surface area contributed by atoms with Crippen molar-refractivity contribution < 1.29 is 22.4 Å². The van der Waals surface area contributed by atoms with Crippen molar-refractivity contribution in [2.45, 2.75) is 13.0 Å². The van der Waals surface area contributed by atoms with Gasteiger partial charge < -0.3 is 4.42 Å². The zero-order chi connectivity index (χ0) is 19.1. The number of alkyl halides is 2. The molecule has 0 saturated heterocycles. The molecule has 1 aliphatic heterocycles. The van der Waals surface area contributed by atoms with E-state index >= 15 is 0 Å². The highest BCUT2D eigenvalue weighted by Gasteiger charge is 2.26. The number of pyridine rings is 1. The lowest BCUT2D eigenvalue weighted by molar-refractivity contribution is 0.0937. The molecule has 0 atom stereocenters. The summed E-state index contributed by atoms with van der Waals surface area (Å²) >= 11 is 5.78. The molecule has 4 rings (SSSR count). The smallest absolute Gasteiger partial charge is 0.314 e. The van der Waals surface area contributed by atoms with Gasteiger partial charge >= 0.3 is 6.43 Å². The molecular formula is C16H9ClF3N5O2. The first-order valence-electron chi connectivity index (χ1n) is 7.57. The minimum absolute atomic E-state index is 0.0814. The monoisotopic (exact) mass is 395 g/mol. The molecule has 1 aromatic carbocycles. The molecule has 1 aliphatic rings. The number of benzene rings is 1. The predicted molar refractivity (Wildman–Crippen MR) is 87.5 cm³/mol. The number of anilines is 1. The van der Waals surface area contributed by atoms with Crippen LogP contribution in [-0.2, 0) is 6.54 Å². The first kappa shape index (κ1) is 17.3. The van der Waals surface area contributed by atoms with Crippen LogP contribution in [0.5, 0.6) is 0 Å². The highest BCUT2D eigenvalue weighted by atomic mass is 35.5. The molecule has 3 aromatic rings. The standard InChI is InChI=1S/C16H9ClF3N5O2/c17-10-4-8(1-2-11(10)18)25-6-12-9(14(26)24-25)3-7(5-21-12)15-22-23-16(27-15)13(19)20/h1-5,13H,6H2,(H,24,26). The van der Waals surface area contributed by atoms with Crippen LogP contribution in [0.2, 0.25) is 5.02 Å². The third-order valence-corrected chi connectivity index (χ3v) is 4.14. The van der Waals surface area contributed by atoms with Gasteiger partial charge in [-0.25, -0.2) is 4.39 Å². The van der Waals surface area contributed by atoms with Gasteiger partial charge in [0.15, 0.2) is 0 Å². The number of carbonyl (C=O) groups is 1. The SMILES string of the molecule is O=C1NN(c2ccc(F)c(Cl)c2)Cc2ncc(-c3nnc(C(F)F)o3)cc21. The fourth-order valence-corrected chi connectivity index (χ4v) is 2.73. The summed E-state index contributed by atoms with van der Waals surface area (Å²) in [7, 11) is 0. The summed E-state index contributed by atoms with van der Waals surface area (Å²) in [5.74, 6) is -2.04. The maximum absolute atomic E-state index is 13.3. The van der Waals surface area contributed by atoms with Crippen molar-refractivity contribution in [3.05, 3.63) is 58.5 Å². The Kier molecular flexibility index (Phi) is 4.19. The summed E-state index contributed by atoms with van der Waals surface area (Å²) in [5.41, 5.74) is 4.00. The van der Waals surface area contributed by atoms with Crippen LogP contribution in [-0.4, -0.2) is 21.1 Å². The molecule has 0 bridgehead atoms. The first-order chi connectivity index (χ1) is 12.9. The molecule has 1 N–H and O–H groups in total. The lowest BCUT2D eigenvalue weighted by atomic mass is 10.1. The number of hydrazine groups is 1. The van der Waals surface area contributed by atoms with E-state index in [0.29, 0.717) is 11.4 Å². The Balaban J connectivity index is 1.64. The van der Waals surface area contributed by atoms with Gasteiger partial charge in [-0.2, -0.15) is 8.78 Å². The molecule has 0 radical (unpaired) electrons. The van der Waals surface area contributed by atoms with Crippen molar-refractivity contribution in [1.82, 2.24) is 20.6 Å². The highest BCUT2D eigenvalue weighted by molar-refractivity contribution is 6.31. The number of nitrogens with one attached hydrogen (secondary N) is 1. The summed E-state index contributed by atoms with van der Waals surface area (Å²) in [6.45, 7) is 0.190. The number of carbonyl (C=O) groups excluding carboxylic acids is 1. The Morgan fingerprint density at radius 3 is 2.78 bits per heavy atom. The molecule has 0 aliphatic carbocycles. The van der Waals surface area contributed by atoms with Gasteiger partial charge in [0, 0.05) is 6.20 Å². The summed E-state index contributed by atoms with van der Waals surface area (Å²) < 4.78 is 43.3. The molecule has 2 aromatic heterocycles. The number of rotatable bonds is 3. The lowest BCUT2D eigenvalue weighted by Crippen LogP contribution is -2.46. The largest absolute Gasteiger partial charge is 0.415 e. The van der Waals surface area contributed by atoms with Gasteiger partial charge in [0.05, 0.1) is 34.1 Å². The van der Waals surface area contributed by atoms with Crippen LogP contribution in [0, 0.1) is 5.82 Å². The van der Waals surface area contributed by atoms with Crippen molar-refractivity contribution in [1.29, 1.82) is 0 Å². The van der Waals surface area contributed by atoms with Crippen LogP contribution >= 0.6 is 11.6 Å².